The van der Waals surface area contributed by atoms with Crippen LogP contribution in [0.2, 0.25) is 0 Å². The van der Waals surface area contributed by atoms with Crippen LogP contribution in [0, 0.1) is 0 Å². The summed E-state index contributed by atoms with van der Waals surface area (Å²) >= 11 is 0. The van der Waals surface area contributed by atoms with Gasteiger partial charge in [-0.1, -0.05) is 6.07 Å². The van der Waals surface area contributed by atoms with Gasteiger partial charge in [-0.25, -0.2) is 13.6 Å². The van der Waals surface area contributed by atoms with Gasteiger partial charge in [-0.15, -0.1) is 0 Å². The number of nitrogens with two attached hydrogens (primary N) is 1. The molecule has 0 radical (unpaired) electrons. The molecule has 0 aliphatic rings. The molecular formula is C17H20N2O5S. The minimum Gasteiger partial charge on any atom is -0.497 e. The highest BCUT2D eigenvalue weighted by Crippen LogP contribution is 2.17. The molecule has 25 heavy (non-hydrogen) atoms. The van der Waals surface area contributed by atoms with Gasteiger partial charge in [-0.3, -0.25) is 4.79 Å². The number of primary sulfonamides is 1. The van der Waals surface area contributed by atoms with E-state index in [0.717, 1.165) is 5.75 Å². The number of carbonyl (C=O) groups excluding carboxylic acids is 1. The van der Waals surface area contributed by atoms with Crippen LogP contribution in [-0.4, -0.2) is 28.0 Å². The third-order valence-corrected chi connectivity index (χ3v) is 4.23. The molecule has 0 heterocycles. The molecule has 2 aromatic rings. The van der Waals surface area contributed by atoms with E-state index in [4.69, 9.17) is 14.6 Å². The van der Waals surface area contributed by atoms with Crippen molar-refractivity contribution in [1.82, 2.24) is 0 Å². The first-order valence-electron chi connectivity index (χ1n) is 7.58. The number of sulfonamides is 1. The molecule has 0 aromatic heterocycles. The average Bonchev–Trinajstić information content (AvgIpc) is 2.59. The summed E-state index contributed by atoms with van der Waals surface area (Å²) < 4.78 is 33.2. The van der Waals surface area contributed by atoms with Gasteiger partial charge in [0.1, 0.15) is 11.5 Å². The molecule has 1 amide bonds. The van der Waals surface area contributed by atoms with Crippen molar-refractivity contribution >= 4 is 21.6 Å². The van der Waals surface area contributed by atoms with Gasteiger partial charge < -0.3 is 14.8 Å². The number of amides is 1. The molecule has 0 atom stereocenters. The Morgan fingerprint density at radius 1 is 1.12 bits per heavy atom. The van der Waals surface area contributed by atoms with Crippen molar-refractivity contribution in [1.29, 1.82) is 0 Å². The lowest BCUT2D eigenvalue weighted by Crippen LogP contribution is -2.15. The summed E-state index contributed by atoms with van der Waals surface area (Å²) in [7, 11) is -2.21. The molecule has 2 rings (SSSR count). The van der Waals surface area contributed by atoms with E-state index in [2.05, 4.69) is 5.32 Å². The Kier molecular flexibility index (Phi) is 6.37. The van der Waals surface area contributed by atoms with Crippen LogP contribution in [0.4, 0.5) is 5.69 Å². The maximum atomic E-state index is 11.9. The number of hydrogen-bond donors (Lipinski definition) is 2. The minimum absolute atomic E-state index is 0.0480. The molecule has 3 N–H and O–H groups in total. The molecule has 8 heteroatoms. The number of anilines is 1. The van der Waals surface area contributed by atoms with Crippen molar-refractivity contribution in [2.24, 2.45) is 5.14 Å². The first kappa shape index (κ1) is 18.8. The van der Waals surface area contributed by atoms with Crippen molar-refractivity contribution in [2.75, 3.05) is 19.0 Å². The Morgan fingerprint density at radius 2 is 1.80 bits per heavy atom. The second kappa shape index (κ2) is 8.50. The molecule has 0 saturated carbocycles. The highest BCUT2D eigenvalue weighted by Gasteiger charge is 2.09. The van der Waals surface area contributed by atoms with Crippen LogP contribution in [0.15, 0.2) is 53.4 Å². The number of carbonyl (C=O) groups is 1. The lowest BCUT2D eigenvalue weighted by Gasteiger charge is -2.08. The SMILES string of the molecule is COc1ccc(OCCCC(=O)Nc2cccc(S(N)(=O)=O)c2)cc1. The molecule has 0 aliphatic carbocycles. The van der Waals surface area contributed by atoms with Crippen molar-refractivity contribution in [3.8, 4) is 11.5 Å². The lowest BCUT2D eigenvalue weighted by atomic mass is 10.2. The number of rotatable bonds is 8. The third-order valence-electron chi connectivity index (χ3n) is 3.32. The minimum atomic E-state index is -3.80. The summed E-state index contributed by atoms with van der Waals surface area (Å²) in [5.74, 6) is 1.21. The quantitative estimate of drug-likeness (QED) is 0.698. The third kappa shape index (κ3) is 6.09. The monoisotopic (exact) mass is 364 g/mol. The van der Waals surface area contributed by atoms with Gasteiger partial charge in [0, 0.05) is 12.1 Å². The molecule has 7 nitrogen and oxygen atoms in total. The predicted octanol–water partition coefficient (Wildman–Crippen LogP) is 2.14. The van der Waals surface area contributed by atoms with Crippen LogP contribution in [-0.2, 0) is 14.8 Å². The second-order valence-electron chi connectivity index (χ2n) is 5.25. The Labute approximate surface area is 146 Å². The summed E-state index contributed by atoms with van der Waals surface area (Å²) in [6.45, 7) is 0.386. The van der Waals surface area contributed by atoms with Gasteiger partial charge in [0.05, 0.1) is 18.6 Å². The van der Waals surface area contributed by atoms with Gasteiger partial charge in [-0.2, -0.15) is 0 Å². The molecule has 0 saturated heterocycles. The average molecular weight is 364 g/mol. The van der Waals surface area contributed by atoms with Gasteiger partial charge in [0.15, 0.2) is 0 Å². The van der Waals surface area contributed by atoms with E-state index < -0.39 is 10.0 Å². The first-order valence-corrected chi connectivity index (χ1v) is 9.13. The predicted molar refractivity (Wildman–Crippen MR) is 94.2 cm³/mol. The van der Waals surface area contributed by atoms with Crippen molar-refractivity contribution in [3.63, 3.8) is 0 Å². The van der Waals surface area contributed by atoms with Crippen LogP contribution in [0.5, 0.6) is 11.5 Å². The molecule has 2 aromatic carbocycles. The van der Waals surface area contributed by atoms with E-state index in [9.17, 15) is 13.2 Å². The van der Waals surface area contributed by atoms with Gasteiger partial charge in [0.2, 0.25) is 15.9 Å². The van der Waals surface area contributed by atoms with Crippen LogP contribution in [0.25, 0.3) is 0 Å². The van der Waals surface area contributed by atoms with Crippen LogP contribution in [0.1, 0.15) is 12.8 Å². The standard InChI is InChI=1S/C17H20N2O5S/c1-23-14-7-9-15(10-8-14)24-11-3-6-17(20)19-13-4-2-5-16(12-13)25(18,21)22/h2,4-5,7-10,12H,3,6,11H2,1H3,(H,19,20)(H2,18,21,22). The normalized spacial score (nSPS) is 11.0. The Bertz CT molecular complexity index is 819. The highest BCUT2D eigenvalue weighted by atomic mass is 32.2. The fourth-order valence-corrected chi connectivity index (χ4v) is 2.63. The van der Waals surface area contributed by atoms with E-state index in [1.165, 1.54) is 18.2 Å². The summed E-state index contributed by atoms with van der Waals surface area (Å²) in [5, 5.41) is 7.70. The number of hydrogen-bond acceptors (Lipinski definition) is 5. The highest BCUT2D eigenvalue weighted by molar-refractivity contribution is 7.89. The van der Waals surface area contributed by atoms with Crippen LogP contribution in [0.3, 0.4) is 0 Å². The molecule has 0 fully saturated rings. The lowest BCUT2D eigenvalue weighted by molar-refractivity contribution is -0.116. The van der Waals surface area contributed by atoms with E-state index in [-0.39, 0.29) is 17.2 Å². The summed E-state index contributed by atoms with van der Waals surface area (Å²) in [5.41, 5.74) is 0.382. The van der Waals surface area contributed by atoms with Gasteiger partial charge in [-0.05, 0) is 48.9 Å². The zero-order valence-electron chi connectivity index (χ0n) is 13.8. The van der Waals surface area contributed by atoms with Crippen molar-refractivity contribution < 1.29 is 22.7 Å². The number of benzene rings is 2. The Hall–Kier alpha value is -2.58. The zero-order chi connectivity index (χ0) is 18.3. The van der Waals surface area contributed by atoms with Gasteiger partial charge in [0.25, 0.3) is 0 Å². The summed E-state index contributed by atoms with van der Waals surface area (Å²) in [4.78, 5) is 11.9. The molecule has 0 spiro atoms. The topological polar surface area (TPSA) is 108 Å². The summed E-state index contributed by atoms with van der Waals surface area (Å²) in [6.07, 6.45) is 0.766. The van der Waals surface area contributed by atoms with Crippen molar-refractivity contribution in [3.05, 3.63) is 48.5 Å². The molecule has 0 bridgehead atoms. The number of nitrogens with one attached hydrogen (secondary N) is 1. The van der Waals surface area contributed by atoms with E-state index in [1.54, 1.807) is 37.4 Å². The molecule has 134 valence electrons. The smallest absolute Gasteiger partial charge is 0.238 e. The van der Waals surface area contributed by atoms with Crippen LogP contribution < -0.4 is 19.9 Å². The first-order chi connectivity index (χ1) is 11.9. The number of methoxy groups -OCH3 is 1. The van der Waals surface area contributed by atoms with Crippen molar-refractivity contribution in [2.45, 2.75) is 17.7 Å². The van der Waals surface area contributed by atoms with Gasteiger partial charge >= 0.3 is 0 Å². The van der Waals surface area contributed by atoms with E-state index >= 15 is 0 Å². The Balaban J connectivity index is 1.77. The second-order valence-corrected chi connectivity index (χ2v) is 6.81. The molecular weight excluding hydrogens is 344 g/mol. The van der Waals surface area contributed by atoms with E-state index in [1.807, 2.05) is 0 Å². The largest absolute Gasteiger partial charge is 0.497 e. The fourth-order valence-electron chi connectivity index (χ4n) is 2.07. The maximum absolute atomic E-state index is 11.9. The maximum Gasteiger partial charge on any atom is 0.238 e. The Morgan fingerprint density at radius 3 is 2.44 bits per heavy atom. The fraction of sp³-hybridized carbons (Fsp3) is 0.235. The molecule has 0 aliphatic heterocycles. The zero-order valence-corrected chi connectivity index (χ0v) is 14.6. The van der Waals surface area contributed by atoms with Crippen LogP contribution >= 0.6 is 0 Å². The number of ether oxygens (including phenoxy) is 2. The summed E-state index contributed by atoms with van der Waals surface area (Å²) in [6, 6.07) is 13.0. The molecule has 0 unspecified atom stereocenters. The van der Waals surface area contributed by atoms with E-state index in [0.29, 0.717) is 24.5 Å².